The van der Waals surface area contributed by atoms with Crippen molar-refractivity contribution in [3.63, 3.8) is 0 Å². The van der Waals surface area contributed by atoms with Crippen LogP contribution in [0.4, 0.5) is 0 Å². The van der Waals surface area contributed by atoms with E-state index in [1.165, 1.54) is 17.5 Å². The summed E-state index contributed by atoms with van der Waals surface area (Å²) in [6.45, 7) is 1.94. The molecule has 0 radical (unpaired) electrons. The Bertz CT molecular complexity index is 248. The predicted octanol–water partition coefficient (Wildman–Crippen LogP) is 1.03. The summed E-state index contributed by atoms with van der Waals surface area (Å²) < 4.78 is 0. The van der Waals surface area contributed by atoms with Gasteiger partial charge >= 0.3 is 0 Å². The number of fused-ring (bicyclic) bond motifs is 1. The van der Waals surface area contributed by atoms with Gasteiger partial charge in [0.1, 0.15) is 0 Å². The van der Waals surface area contributed by atoms with Gasteiger partial charge in [0.15, 0.2) is 0 Å². The van der Waals surface area contributed by atoms with E-state index in [4.69, 9.17) is 9.90 Å². The monoisotopic (exact) mass is 179 g/mol. The van der Waals surface area contributed by atoms with Gasteiger partial charge in [-0.25, -0.2) is 0 Å². The first-order valence-electron chi connectivity index (χ1n) is 4.24. The summed E-state index contributed by atoms with van der Waals surface area (Å²) in [5, 5.41) is 10.2. The van der Waals surface area contributed by atoms with Crippen molar-refractivity contribution in [2.75, 3.05) is 6.54 Å². The quantitative estimate of drug-likeness (QED) is 0.585. The van der Waals surface area contributed by atoms with E-state index in [1.54, 1.807) is 0 Å². The van der Waals surface area contributed by atoms with Gasteiger partial charge in [-0.05, 0) is 24.1 Å². The number of hydrogen-bond donors (Lipinski definition) is 2. The molecule has 2 N–H and O–H groups in total. The second-order valence-electron chi connectivity index (χ2n) is 2.80. The molecule has 1 aromatic carbocycles. The zero-order valence-electron chi connectivity index (χ0n) is 7.36. The lowest BCUT2D eigenvalue weighted by atomic mass is 10.0. The highest BCUT2D eigenvalue weighted by atomic mass is 16.3. The summed E-state index contributed by atoms with van der Waals surface area (Å²) >= 11 is 0. The van der Waals surface area contributed by atoms with Crippen molar-refractivity contribution in [2.45, 2.75) is 13.0 Å². The molecule has 0 bridgehead atoms. The lowest BCUT2D eigenvalue weighted by Gasteiger charge is -2.15. The second kappa shape index (κ2) is 5.32. The van der Waals surface area contributed by atoms with E-state index in [9.17, 15) is 0 Å². The molecule has 0 saturated carbocycles. The highest BCUT2D eigenvalue weighted by Gasteiger charge is 2.05. The number of carbonyl (C=O) groups is 1. The van der Waals surface area contributed by atoms with Gasteiger partial charge in [-0.1, -0.05) is 24.3 Å². The van der Waals surface area contributed by atoms with Crippen molar-refractivity contribution >= 4 is 6.47 Å². The number of nitrogens with one attached hydrogen (secondary N) is 1. The highest BCUT2D eigenvalue weighted by Crippen LogP contribution is 2.11. The average molecular weight is 179 g/mol. The van der Waals surface area contributed by atoms with Crippen molar-refractivity contribution in [1.82, 2.24) is 5.32 Å². The molecule has 1 heterocycles. The molecule has 3 nitrogen and oxygen atoms in total. The third-order valence-electron chi connectivity index (χ3n) is 2.00. The standard InChI is InChI=1S/C9H11N.CH2O2/c1-2-4-9-7-10-6-5-8(9)3-1;2-1-3/h1-4,10H,5-7H2;1H,(H,2,3). The molecule has 0 fully saturated rings. The molecule has 0 aromatic heterocycles. The first-order valence-corrected chi connectivity index (χ1v) is 4.24. The molecule has 0 aliphatic carbocycles. The SMILES string of the molecule is O=CO.c1ccc2c(c1)CCNC2. The van der Waals surface area contributed by atoms with E-state index in [2.05, 4.69) is 29.6 Å². The number of rotatable bonds is 0. The molecule has 2 rings (SSSR count). The van der Waals surface area contributed by atoms with Gasteiger partial charge in [-0.3, -0.25) is 4.79 Å². The minimum atomic E-state index is -0.250. The van der Waals surface area contributed by atoms with Gasteiger partial charge in [0.25, 0.3) is 6.47 Å². The molecule has 1 aromatic rings. The second-order valence-corrected chi connectivity index (χ2v) is 2.80. The minimum absolute atomic E-state index is 0.250. The van der Waals surface area contributed by atoms with Gasteiger partial charge in [-0.15, -0.1) is 0 Å². The Morgan fingerprint density at radius 3 is 2.54 bits per heavy atom. The Hall–Kier alpha value is -1.35. The molecule has 0 atom stereocenters. The van der Waals surface area contributed by atoms with Crippen molar-refractivity contribution in [3.05, 3.63) is 35.4 Å². The summed E-state index contributed by atoms with van der Waals surface area (Å²) in [5.41, 5.74) is 2.98. The van der Waals surface area contributed by atoms with Gasteiger partial charge < -0.3 is 10.4 Å². The van der Waals surface area contributed by atoms with E-state index < -0.39 is 0 Å². The summed E-state index contributed by atoms with van der Waals surface area (Å²) in [7, 11) is 0. The fourth-order valence-corrected chi connectivity index (χ4v) is 1.42. The fourth-order valence-electron chi connectivity index (χ4n) is 1.42. The van der Waals surface area contributed by atoms with Crippen molar-refractivity contribution < 1.29 is 9.90 Å². The van der Waals surface area contributed by atoms with Gasteiger partial charge in [0, 0.05) is 6.54 Å². The molecular weight excluding hydrogens is 166 g/mol. The molecule has 0 spiro atoms. The third kappa shape index (κ3) is 2.87. The predicted molar refractivity (Wildman–Crippen MR) is 50.5 cm³/mol. The van der Waals surface area contributed by atoms with Crippen LogP contribution in [0.2, 0.25) is 0 Å². The first-order chi connectivity index (χ1) is 6.38. The van der Waals surface area contributed by atoms with Gasteiger partial charge in [0.05, 0.1) is 0 Å². The molecule has 1 aliphatic rings. The molecule has 13 heavy (non-hydrogen) atoms. The summed E-state index contributed by atoms with van der Waals surface area (Å²) in [6.07, 6.45) is 1.19. The molecule has 1 aliphatic heterocycles. The number of hydrogen-bond acceptors (Lipinski definition) is 2. The van der Waals surface area contributed by atoms with Crippen molar-refractivity contribution in [2.24, 2.45) is 0 Å². The molecule has 3 heteroatoms. The van der Waals surface area contributed by atoms with Crippen LogP contribution >= 0.6 is 0 Å². The van der Waals surface area contributed by atoms with Crippen LogP contribution in [0.3, 0.4) is 0 Å². The number of carboxylic acid groups (broad SMARTS) is 1. The lowest BCUT2D eigenvalue weighted by molar-refractivity contribution is -0.122. The topological polar surface area (TPSA) is 49.3 Å². The van der Waals surface area contributed by atoms with Gasteiger partial charge in [0.2, 0.25) is 0 Å². The Morgan fingerprint density at radius 2 is 1.92 bits per heavy atom. The normalized spacial score (nSPS) is 13.5. The molecule has 0 saturated heterocycles. The maximum atomic E-state index is 8.36. The molecule has 0 unspecified atom stereocenters. The maximum absolute atomic E-state index is 8.36. The molecular formula is C10H13NO2. The third-order valence-corrected chi connectivity index (χ3v) is 2.00. The average Bonchev–Trinajstić information content (AvgIpc) is 2.19. The van der Waals surface area contributed by atoms with Crippen LogP contribution in [-0.2, 0) is 17.8 Å². The van der Waals surface area contributed by atoms with E-state index in [0.717, 1.165) is 13.1 Å². The number of benzene rings is 1. The van der Waals surface area contributed by atoms with Crippen LogP contribution in [0, 0.1) is 0 Å². The summed E-state index contributed by atoms with van der Waals surface area (Å²) in [4.78, 5) is 8.36. The van der Waals surface area contributed by atoms with E-state index in [0.29, 0.717) is 0 Å². The molecule has 0 amide bonds. The Morgan fingerprint density at radius 1 is 1.31 bits per heavy atom. The van der Waals surface area contributed by atoms with E-state index >= 15 is 0 Å². The largest absolute Gasteiger partial charge is 0.483 e. The van der Waals surface area contributed by atoms with Crippen molar-refractivity contribution in [3.8, 4) is 0 Å². The lowest BCUT2D eigenvalue weighted by Crippen LogP contribution is -2.23. The Kier molecular flexibility index (Phi) is 3.99. The van der Waals surface area contributed by atoms with Crippen LogP contribution in [0.25, 0.3) is 0 Å². The molecule has 70 valence electrons. The van der Waals surface area contributed by atoms with E-state index in [-0.39, 0.29) is 6.47 Å². The zero-order valence-corrected chi connectivity index (χ0v) is 7.36. The van der Waals surface area contributed by atoms with Gasteiger partial charge in [-0.2, -0.15) is 0 Å². The van der Waals surface area contributed by atoms with Crippen LogP contribution in [-0.4, -0.2) is 18.1 Å². The Balaban J connectivity index is 0.000000251. The van der Waals surface area contributed by atoms with Crippen molar-refractivity contribution in [1.29, 1.82) is 0 Å². The van der Waals surface area contributed by atoms with Crippen LogP contribution in [0.1, 0.15) is 11.1 Å². The van der Waals surface area contributed by atoms with E-state index in [1.807, 2.05) is 0 Å². The smallest absolute Gasteiger partial charge is 0.290 e. The highest BCUT2D eigenvalue weighted by molar-refractivity contribution is 5.32. The van der Waals surface area contributed by atoms with Crippen LogP contribution in [0.15, 0.2) is 24.3 Å². The summed E-state index contributed by atoms with van der Waals surface area (Å²) in [6, 6.07) is 8.63. The maximum Gasteiger partial charge on any atom is 0.290 e. The minimum Gasteiger partial charge on any atom is -0.483 e. The zero-order chi connectivity index (χ0) is 9.52. The fraction of sp³-hybridized carbons (Fsp3) is 0.300. The Labute approximate surface area is 77.4 Å². The van der Waals surface area contributed by atoms with Crippen LogP contribution < -0.4 is 5.32 Å². The first kappa shape index (κ1) is 9.74. The van der Waals surface area contributed by atoms with Crippen LogP contribution in [0.5, 0.6) is 0 Å². The summed E-state index contributed by atoms with van der Waals surface area (Å²) in [5.74, 6) is 0.